The molecule has 3 amide bonds. The van der Waals surface area contributed by atoms with Gasteiger partial charge in [0.05, 0.1) is 12.6 Å². The first-order valence-corrected chi connectivity index (χ1v) is 10.9. The van der Waals surface area contributed by atoms with E-state index in [9.17, 15) is 18.0 Å². The smallest absolute Gasteiger partial charge is 0.311 e. The summed E-state index contributed by atoms with van der Waals surface area (Å²) < 4.78 is 36.8. The number of amides is 3. The van der Waals surface area contributed by atoms with Crippen LogP contribution in [0.5, 0.6) is 0 Å². The molecule has 1 aromatic rings. The molecule has 3 fully saturated rings. The minimum absolute atomic E-state index is 0.0710. The molecular formula is C15H23N7O7S. The molecule has 14 nitrogen and oxygen atoms in total. The van der Waals surface area contributed by atoms with Crippen LogP contribution in [0.25, 0.3) is 0 Å². The molecule has 0 spiro atoms. The number of aromatic nitrogens is 3. The van der Waals surface area contributed by atoms with Gasteiger partial charge in [-0.25, -0.2) is 15.3 Å². The van der Waals surface area contributed by atoms with Gasteiger partial charge in [-0.2, -0.15) is 18.6 Å². The van der Waals surface area contributed by atoms with Gasteiger partial charge >= 0.3 is 16.4 Å². The second kappa shape index (κ2) is 8.43. The average Bonchev–Trinajstić information content (AvgIpc) is 3.40. The highest BCUT2D eigenvalue weighted by Gasteiger charge is 2.49. The number of carbonyl (C=O) groups excluding carboxylic acids is 2. The lowest BCUT2D eigenvalue weighted by Gasteiger charge is -2.29. The van der Waals surface area contributed by atoms with Crippen molar-refractivity contribution in [2.75, 3.05) is 19.7 Å². The van der Waals surface area contributed by atoms with Crippen LogP contribution in [-0.2, 0) is 30.9 Å². The lowest BCUT2D eigenvalue weighted by molar-refractivity contribution is -0.139. The molecule has 4 heterocycles. The fourth-order valence-electron chi connectivity index (χ4n) is 4.15. The van der Waals surface area contributed by atoms with Gasteiger partial charge in [-0.1, -0.05) is 0 Å². The molecule has 0 radical (unpaired) electrons. The third-order valence-corrected chi connectivity index (χ3v) is 5.83. The number of rotatable bonds is 8. The lowest BCUT2D eigenvalue weighted by atomic mass is 10.0. The minimum atomic E-state index is -4.82. The van der Waals surface area contributed by atoms with Crippen molar-refractivity contribution in [2.24, 2.45) is 5.92 Å². The predicted molar refractivity (Wildman–Crippen MR) is 97.4 cm³/mol. The van der Waals surface area contributed by atoms with Crippen molar-refractivity contribution in [3.63, 3.8) is 0 Å². The van der Waals surface area contributed by atoms with Crippen LogP contribution in [0, 0.1) is 5.92 Å². The highest BCUT2D eigenvalue weighted by Crippen LogP contribution is 2.30. The zero-order chi connectivity index (χ0) is 21.3. The van der Waals surface area contributed by atoms with Gasteiger partial charge in [-0.15, -0.1) is 4.28 Å². The Morgan fingerprint density at radius 2 is 2.23 bits per heavy atom. The first-order valence-electron chi connectivity index (χ1n) is 9.54. The van der Waals surface area contributed by atoms with Crippen molar-refractivity contribution in [1.82, 2.24) is 35.5 Å². The van der Waals surface area contributed by atoms with E-state index in [0.717, 1.165) is 19.5 Å². The fraction of sp³-hybridized carbons (Fsp3) is 0.733. The first kappa shape index (κ1) is 20.9. The first-order chi connectivity index (χ1) is 14.3. The number of hydroxylamine groups is 3. The van der Waals surface area contributed by atoms with Gasteiger partial charge < -0.3 is 10.2 Å². The molecular weight excluding hydrogens is 422 g/mol. The van der Waals surface area contributed by atoms with Gasteiger partial charge in [-0.3, -0.25) is 18.9 Å². The summed E-state index contributed by atoms with van der Waals surface area (Å²) in [5, 5.41) is 8.02. The molecule has 4 rings (SSSR count). The van der Waals surface area contributed by atoms with E-state index in [4.69, 9.17) is 9.39 Å². The Bertz CT molecular complexity index is 880. The molecule has 0 aliphatic carbocycles. The van der Waals surface area contributed by atoms with Gasteiger partial charge in [0, 0.05) is 25.7 Å². The zero-order valence-electron chi connectivity index (χ0n) is 16.0. The van der Waals surface area contributed by atoms with E-state index in [1.54, 1.807) is 11.0 Å². The number of hydrogen-bond donors (Lipinski definition) is 3. The molecule has 2 bridgehead atoms. The molecule has 166 valence electrons. The zero-order valence-corrected chi connectivity index (χ0v) is 16.8. The van der Waals surface area contributed by atoms with Crippen LogP contribution in [0.15, 0.2) is 12.7 Å². The summed E-state index contributed by atoms with van der Waals surface area (Å²) in [5.41, 5.74) is 2.38. The molecule has 3 saturated heterocycles. The third-order valence-electron chi connectivity index (χ3n) is 5.48. The maximum Gasteiger partial charge on any atom is 0.418 e. The highest BCUT2D eigenvalue weighted by atomic mass is 32.3. The third kappa shape index (κ3) is 4.70. The van der Waals surface area contributed by atoms with E-state index in [1.165, 1.54) is 11.2 Å². The van der Waals surface area contributed by atoms with Crippen molar-refractivity contribution in [2.45, 2.75) is 43.9 Å². The molecule has 0 aromatic carbocycles. The van der Waals surface area contributed by atoms with Crippen molar-refractivity contribution in [3.8, 4) is 0 Å². The van der Waals surface area contributed by atoms with Crippen LogP contribution in [0.3, 0.4) is 0 Å². The van der Waals surface area contributed by atoms with Crippen molar-refractivity contribution in [1.29, 1.82) is 0 Å². The van der Waals surface area contributed by atoms with Gasteiger partial charge in [0.25, 0.3) is 5.91 Å². The normalized spacial score (nSPS) is 28.9. The van der Waals surface area contributed by atoms with Crippen LogP contribution in [-0.4, -0.2) is 87.5 Å². The molecule has 1 aromatic heterocycles. The van der Waals surface area contributed by atoms with Crippen LogP contribution < -0.4 is 10.8 Å². The molecule has 0 saturated carbocycles. The quantitative estimate of drug-likeness (QED) is 0.310. The Labute approximate surface area is 172 Å². The van der Waals surface area contributed by atoms with Crippen LogP contribution in [0.1, 0.15) is 19.3 Å². The van der Waals surface area contributed by atoms with Crippen LogP contribution in [0.4, 0.5) is 4.79 Å². The van der Waals surface area contributed by atoms with E-state index in [1.807, 2.05) is 0 Å². The number of nitrogens with one attached hydrogen (secondary N) is 2. The summed E-state index contributed by atoms with van der Waals surface area (Å²) in [7, 11) is -4.82. The van der Waals surface area contributed by atoms with E-state index in [2.05, 4.69) is 25.2 Å². The van der Waals surface area contributed by atoms with Gasteiger partial charge in [0.1, 0.15) is 18.7 Å². The SMILES string of the molecule is O=C(NOC[C@H]1C[C@@H](Cn2cncn2)CN1)C1CCC2CN1C(=O)N2OS(=O)(=O)O. The molecule has 4 atom stereocenters. The molecule has 3 aliphatic rings. The molecule has 15 heteroatoms. The Balaban J connectivity index is 1.22. The monoisotopic (exact) mass is 445 g/mol. The standard InChI is InChI=1S/C15H23N7O7S/c23-14(13-2-1-12-6-21(13)15(24)22(12)29-30(25,26)27)19-28-7-11-3-10(4-17-11)5-20-9-16-8-18-20/h8-13,17H,1-7H2,(H,19,23)(H,25,26,27)/t10-,11-,12?,13?/m1/s1. The molecule has 30 heavy (non-hydrogen) atoms. The lowest BCUT2D eigenvalue weighted by Crippen LogP contribution is -2.50. The minimum Gasteiger partial charge on any atom is -0.311 e. The summed E-state index contributed by atoms with van der Waals surface area (Å²) in [6.07, 6.45) is 4.68. The van der Waals surface area contributed by atoms with Gasteiger partial charge in [0.15, 0.2) is 0 Å². The van der Waals surface area contributed by atoms with Crippen molar-refractivity contribution in [3.05, 3.63) is 12.7 Å². The molecule has 2 unspecified atom stereocenters. The fourth-order valence-corrected chi connectivity index (χ4v) is 4.53. The Kier molecular flexibility index (Phi) is 5.88. The number of urea groups is 1. The summed E-state index contributed by atoms with van der Waals surface area (Å²) in [6.45, 7) is 1.94. The number of fused-ring (bicyclic) bond motifs is 2. The predicted octanol–water partition coefficient (Wildman–Crippen LogP) is -1.69. The number of carbonyl (C=O) groups is 2. The summed E-state index contributed by atoms with van der Waals surface area (Å²) in [4.78, 5) is 35.3. The second-order valence-electron chi connectivity index (χ2n) is 7.61. The number of nitrogens with zero attached hydrogens (tertiary/aromatic N) is 5. The van der Waals surface area contributed by atoms with E-state index in [0.29, 0.717) is 23.8 Å². The van der Waals surface area contributed by atoms with Gasteiger partial charge in [-0.05, 0) is 25.2 Å². The maximum absolute atomic E-state index is 12.5. The van der Waals surface area contributed by atoms with Crippen molar-refractivity contribution >= 4 is 22.3 Å². The van der Waals surface area contributed by atoms with Gasteiger partial charge in [0.2, 0.25) is 0 Å². The Morgan fingerprint density at radius 3 is 2.97 bits per heavy atom. The summed E-state index contributed by atoms with van der Waals surface area (Å²) in [5.74, 6) is -0.116. The topological polar surface area (TPSA) is 168 Å². The van der Waals surface area contributed by atoms with Crippen LogP contribution >= 0.6 is 0 Å². The van der Waals surface area contributed by atoms with E-state index in [-0.39, 0.29) is 19.2 Å². The number of piperidine rings is 1. The molecule has 3 aliphatic heterocycles. The highest BCUT2D eigenvalue weighted by molar-refractivity contribution is 7.80. The largest absolute Gasteiger partial charge is 0.418 e. The molecule has 3 N–H and O–H groups in total. The van der Waals surface area contributed by atoms with E-state index < -0.39 is 34.4 Å². The van der Waals surface area contributed by atoms with Crippen LogP contribution in [0.2, 0.25) is 0 Å². The Hall–Kier alpha value is -2.33. The summed E-state index contributed by atoms with van der Waals surface area (Å²) in [6, 6.07) is -2.07. The van der Waals surface area contributed by atoms with Crippen molar-refractivity contribution < 1.29 is 31.7 Å². The second-order valence-corrected chi connectivity index (χ2v) is 8.62. The average molecular weight is 445 g/mol. The number of hydrogen-bond acceptors (Lipinski definition) is 9. The Morgan fingerprint density at radius 1 is 1.40 bits per heavy atom. The van der Waals surface area contributed by atoms with E-state index >= 15 is 0 Å². The summed E-state index contributed by atoms with van der Waals surface area (Å²) >= 11 is 0. The maximum atomic E-state index is 12.5.